The van der Waals surface area contributed by atoms with Gasteiger partial charge in [-0.15, -0.1) is 0 Å². The van der Waals surface area contributed by atoms with Crippen molar-refractivity contribution in [1.29, 1.82) is 0 Å². The van der Waals surface area contributed by atoms with Gasteiger partial charge in [-0.25, -0.2) is 0 Å². The largest absolute Gasteiger partial charge is 0.393 e. The topological polar surface area (TPSA) is 33.1 Å². The van der Waals surface area contributed by atoms with Gasteiger partial charge in [0.15, 0.2) is 0 Å². The average molecular weight is 186 g/mol. The molecule has 2 nitrogen and oxygen atoms in total. The number of aliphatic hydroxyl groups excluding tert-OH is 1. The van der Waals surface area contributed by atoms with Gasteiger partial charge < -0.3 is 5.11 Å². The van der Waals surface area contributed by atoms with Crippen LogP contribution in [0.3, 0.4) is 0 Å². The van der Waals surface area contributed by atoms with Crippen molar-refractivity contribution in [2.45, 2.75) is 25.9 Å². The predicted molar refractivity (Wildman–Crippen MR) is 49.2 cm³/mol. The lowest BCUT2D eigenvalue weighted by atomic mass is 10.1. The Morgan fingerprint density at radius 3 is 3.00 bits per heavy atom. The zero-order chi connectivity index (χ0) is 8.97. The molecule has 0 radical (unpaired) electrons. The average Bonchev–Trinajstić information content (AvgIpc) is 2.03. The Morgan fingerprint density at radius 2 is 2.42 bits per heavy atom. The molecule has 3 heteroatoms. The number of aliphatic hydroxyl groups is 1. The monoisotopic (exact) mass is 185 g/mol. The third kappa shape index (κ3) is 2.80. The van der Waals surface area contributed by atoms with Gasteiger partial charge >= 0.3 is 0 Å². The molecule has 1 N–H and O–H groups in total. The lowest BCUT2D eigenvalue weighted by Gasteiger charge is -2.04. The second kappa shape index (κ2) is 4.43. The summed E-state index contributed by atoms with van der Waals surface area (Å²) in [6.45, 7) is 1.77. The summed E-state index contributed by atoms with van der Waals surface area (Å²) in [6, 6.07) is 1.88. The van der Waals surface area contributed by atoms with Gasteiger partial charge in [-0.3, -0.25) is 4.98 Å². The molecule has 0 aromatic carbocycles. The fraction of sp³-hybridized carbons (Fsp3) is 0.444. The van der Waals surface area contributed by atoms with Gasteiger partial charge in [-0.1, -0.05) is 11.6 Å². The summed E-state index contributed by atoms with van der Waals surface area (Å²) in [6.07, 6.45) is 4.61. The number of aromatic nitrogens is 1. The van der Waals surface area contributed by atoms with E-state index in [0.29, 0.717) is 5.02 Å². The van der Waals surface area contributed by atoms with E-state index in [9.17, 15) is 0 Å². The first-order valence-corrected chi connectivity index (χ1v) is 4.34. The summed E-state index contributed by atoms with van der Waals surface area (Å²) in [7, 11) is 0. The van der Waals surface area contributed by atoms with Gasteiger partial charge in [0.05, 0.1) is 11.1 Å². The number of nitrogens with zero attached hydrogens (tertiary/aromatic N) is 1. The SMILES string of the molecule is C[C@H](O)CCc1ccncc1Cl. The highest BCUT2D eigenvalue weighted by molar-refractivity contribution is 6.31. The van der Waals surface area contributed by atoms with Crippen molar-refractivity contribution in [3.63, 3.8) is 0 Å². The minimum Gasteiger partial charge on any atom is -0.393 e. The number of halogens is 1. The molecule has 1 aromatic heterocycles. The van der Waals surface area contributed by atoms with E-state index in [-0.39, 0.29) is 6.10 Å². The zero-order valence-corrected chi connectivity index (χ0v) is 7.75. The number of hydrogen-bond acceptors (Lipinski definition) is 2. The van der Waals surface area contributed by atoms with Crippen LogP contribution in [0, 0.1) is 0 Å². The first kappa shape index (κ1) is 9.49. The molecule has 0 amide bonds. The van der Waals surface area contributed by atoms with Crippen LogP contribution in [0.2, 0.25) is 5.02 Å². The molecule has 0 fully saturated rings. The molecule has 0 aliphatic carbocycles. The lowest BCUT2D eigenvalue weighted by molar-refractivity contribution is 0.185. The van der Waals surface area contributed by atoms with E-state index in [1.165, 1.54) is 0 Å². The first-order valence-electron chi connectivity index (χ1n) is 3.96. The van der Waals surface area contributed by atoms with Crippen molar-refractivity contribution in [2.75, 3.05) is 0 Å². The van der Waals surface area contributed by atoms with E-state index < -0.39 is 0 Å². The molecule has 0 aliphatic heterocycles. The van der Waals surface area contributed by atoms with Gasteiger partial charge in [0.25, 0.3) is 0 Å². The Kier molecular flexibility index (Phi) is 3.50. The van der Waals surface area contributed by atoms with Crippen molar-refractivity contribution >= 4 is 11.6 Å². The first-order chi connectivity index (χ1) is 5.70. The van der Waals surface area contributed by atoms with Crippen molar-refractivity contribution in [3.8, 4) is 0 Å². The van der Waals surface area contributed by atoms with Crippen molar-refractivity contribution in [1.82, 2.24) is 4.98 Å². The molecule has 1 aromatic rings. The molecule has 0 unspecified atom stereocenters. The van der Waals surface area contributed by atoms with Crippen molar-refractivity contribution in [3.05, 3.63) is 29.0 Å². The second-order valence-electron chi connectivity index (χ2n) is 2.85. The highest BCUT2D eigenvalue weighted by Crippen LogP contribution is 2.15. The number of rotatable bonds is 3. The molecule has 0 spiro atoms. The quantitative estimate of drug-likeness (QED) is 0.782. The van der Waals surface area contributed by atoms with Crippen LogP contribution in [0.4, 0.5) is 0 Å². The molecule has 12 heavy (non-hydrogen) atoms. The molecule has 0 aliphatic rings. The maximum atomic E-state index is 9.05. The van der Waals surface area contributed by atoms with E-state index in [2.05, 4.69) is 4.98 Å². The highest BCUT2D eigenvalue weighted by atomic mass is 35.5. The standard InChI is InChI=1S/C9H12ClNO/c1-7(12)2-3-8-4-5-11-6-9(8)10/h4-7,12H,2-3H2,1H3/t7-/m0/s1. The number of hydrogen-bond donors (Lipinski definition) is 1. The third-order valence-corrected chi connectivity index (χ3v) is 2.03. The summed E-state index contributed by atoms with van der Waals surface area (Å²) in [4.78, 5) is 3.88. The number of pyridine rings is 1. The molecule has 0 bridgehead atoms. The van der Waals surface area contributed by atoms with Gasteiger partial charge in [-0.2, -0.15) is 0 Å². The van der Waals surface area contributed by atoms with Crippen LogP contribution >= 0.6 is 11.6 Å². The molecule has 66 valence electrons. The van der Waals surface area contributed by atoms with Gasteiger partial charge in [0.1, 0.15) is 0 Å². The zero-order valence-electron chi connectivity index (χ0n) is 7.00. The minimum absolute atomic E-state index is 0.269. The van der Waals surface area contributed by atoms with E-state index in [4.69, 9.17) is 16.7 Å². The summed E-state index contributed by atoms with van der Waals surface area (Å²) >= 11 is 5.86. The Morgan fingerprint density at radius 1 is 1.67 bits per heavy atom. The lowest BCUT2D eigenvalue weighted by Crippen LogP contribution is -2.01. The smallest absolute Gasteiger partial charge is 0.0621 e. The summed E-state index contributed by atoms with van der Waals surface area (Å²) in [5, 5.41) is 9.72. The van der Waals surface area contributed by atoms with E-state index in [0.717, 1.165) is 18.4 Å². The van der Waals surface area contributed by atoms with Gasteiger partial charge in [0.2, 0.25) is 0 Å². The van der Waals surface area contributed by atoms with E-state index >= 15 is 0 Å². The van der Waals surface area contributed by atoms with Crippen molar-refractivity contribution < 1.29 is 5.11 Å². The molecule has 1 heterocycles. The maximum Gasteiger partial charge on any atom is 0.0621 e. The molecule has 0 saturated carbocycles. The molecule has 1 rings (SSSR count). The minimum atomic E-state index is -0.269. The van der Waals surface area contributed by atoms with Crippen LogP contribution < -0.4 is 0 Å². The van der Waals surface area contributed by atoms with Crippen LogP contribution in [0.25, 0.3) is 0 Å². The predicted octanol–water partition coefficient (Wildman–Crippen LogP) is 2.05. The normalized spacial score (nSPS) is 12.9. The summed E-state index contributed by atoms with van der Waals surface area (Å²) in [5.41, 5.74) is 1.05. The fourth-order valence-corrected chi connectivity index (χ4v) is 1.18. The van der Waals surface area contributed by atoms with Crippen LogP contribution in [-0.2, 0) is 6.42 Å². The number of aryl methyl sites for hydroxylation is 1. The van der Waals surface area contributed by atoms with E-state index in [1.54, 1.807) is 19.3 Å². The molecule has 0 saturated heterocycles. The van der Waals surface area contributed by atoms with Crippen molar-refractivity contribution in [2.24, 2.45) is 0 Å². The Hall–Kier alpha value is -0.600. The van der Waals surface area contributed by atoms with Gasteiger partial charge in [0, 0.05) is 12.4 Å². The van der Waals surface area contributed by atoms with Crippen LogP contribution in [-0.4, -0.2) is 16.2 Å². The third-order valence-electron chi connectivity index (χ3n) is 1.69. The van der Waals surface area contributed by atoms with Crippen LogP contribution in [0.5, 0.6) is 0 Å². The Balaban J connectivity index is 2.57. The Labute approximate surface area is 77.2 Å². The second-order valence-corrected chi connectivity index (χ2v) is 3.26. The Bertz CT molecular complexity index is 250. The molecular weight excluding hydrogens is 174 g/mol. The fourth-order valence-electron chi connectivity index (χ4n) is 0.971. The maximum absolute atomic E-state index is 9.05. The highest BCUT2D eigenvalue weighted by Gasteiger charge is 2.01. The van der Waals surface area contributed by atoms with Gasteiger partial charge in [-0.05, 0) is 31.4 Å². The molecule has 1 atom stereocenters. The van der Waals surface area contributed by atoms with E-state index in [1.807, 2.05) is 6.07 Å². The summed E-state index contributed by atoms with van der Waals surface area (Å²) < 4.78 is 0. The van der Waals surface area contributed by atoms with Crippen LogP contribution in [0.15, 0.2) is 18.5 Å². The molecular formula is C9H12ClNO. The summed E-state index contributed by atoms with van der Waals surface area (Å²) in [5.74, 6) is 0. The van der Waals surface area contributed by atoms with Crippen LogP contribution in [0.1, 0.15) is 18.9 Å².